The number of benzene rings is 2. The van der Waals surface area contributed by atoms with E-state index in [0.717, 1.165) is 29.8 Å². The number of ketones is 1. The summed E-state index contributed by atoms with van der Waals surface area (Å²) in [6, 6.07) is 8.56. The Balaban J connectivity index is 2.26. The van der Waals surface area contributed by atoms with E-state index < -0.39 is 23.6 Å². The number of alkyl halides is 3. The molecule has 2 aromatic carbocycles. The number of halogens is 3. The molecule has 1 N–H and O–H groups in total. The first-order chi connectivity index (χ1) is 10.7. The van der Waals surface area contributed by atoms with Gasteiger partial charge < -0.3 is 9.84 Å². The molecule has 0 heterocycles. The SMILES string of the molecule is COc1cc(C(=O)C(O)c2ccc(C(F)(F)F)cc2)ccc1C. The minimum absolute atomic E-state index is 0.0996. The van der Waals surface area contributed by atoms with Crippen LogP contribution in [-0.4, -0.2) is 18.0 Å². The molecule has 3 nitrogen and oxygen atoms in total. The molecule has 2 aromatic rings. The lowest BCUT2D eigenvalue weighted by Gasteiger charge is -2.13. The van der Waals surface area contributed by atoms with Crippen LogP contribution in [0.15, 0.2) is 42.5 Å². The lowest BCUT2D eigenvalue weighted by atomic mass is 9.98. The highest BCUT2D eigenvalue weighted by Crippen LogP contribution is 2.30. The van der Waals surface area contributed by atoms with Crippen molar-refractivity contribution in [3.05, 3.63) is 64.7 Å². The Labute approximate surface area is 131 Å². The van der Waals surface area contributed by atoms with Gasteiger partial charge in [0.1, 0.15) is 11.9 Å². The van der Waals surface area contributed by atoms with E-state index in [1.54, 1.807) is 13.0 Å². The maximum atomic E-state index is 12.5. The second-order valence-corrected chi connectivity index (χ2v) is 5.07. The molecule has 0 amide bonds. The molecule has 122 valence electrons. The van der Waals surface area contributed by atoms with E-state index in [0.29, 0.717) is 5.75 Å². The maximum absolute atomic E-state index is 12.5. The van der Waals surface area contributed by atoms with Gasteiger partial charge in [-0.1, -0.05) is 24.3 Å². The summed E-state index contributed by atoms with van der Waals surface area (Å²) in [5.74, 6) is -0.112. The van der Waals surface area contributed by atoms with Gasteiger partial charge in [-0.3, -0.25) is 4.79 Å². The van der Waals surface area contributed by atoms with Crippen LogP contribution in [-0.2, 0) is 6.18 Å². The summed E-state index contributed by atoms with van der Waals surface area (Å²) in [5.41, 5.74) is 0.313. The second-order valence-electron chi connectivity index (χ2n) is 5.07. The van der Waals surface area contributed by atoms with E-state index in [-0.39, 0.29) is 11.1 Å². The van der Waals surface area contributed by atoms with Crippen molar-refractivity contribution in [3.8, 4) is 5.75 Å². The first-order valence-electron chi connectivity index (χ1n) is 6.78. The van der Waals surface area contributed by atoms with Crippen molar-refractivity contribution in [2.24, 2.45) is 0 Å². The molecule has 0 spiro atoms. The highest BCUT2D eigenvalue weighted by atomic mass is 19.4. The number of Topliss-reactive ketones (excluding diaryl/α,β-unsaturated/α-hetero) is 1. The molecule has 0 aliphatic heterocycles. The lowest BCUT2D eigenvalue weighted by molar-refractivity contribution is -0.137. The molecule has 23 heavy (non-hydrogen) atoms. The van der Waals surface area contributed by atoms with Crippen LogP contribution in [0.25, 0.3) is 0 Å². The molecule has 0 aliphatic carbocycles. The third-order valence-electron chi connectivity index (χ3n) is 3.49. The molecule has 6 heteroatoms. The number of aliphatic hydroxyl groups excluding tert-OH is 1. The highest BCUT2D eigenvalue weighted by Gasteiger charge is 2.30. The summed E-state index contributed by atoms with van der Waals surface area (Å²) in [4.78, 5) is 12.3. The molecular formula is C17H15F3O3. The first-order valence-corrected chi connectivity index (χ1v) is 6.78. The van der Waals surface area contributed by atoms with Crippen LogP contribution in [0.5, 0.6) is 5.75 Å². The van der Waals surface area contributed by atoms with Crippen LogP contribution in [0.1, 0.15) is 33.2 Å². The van der Waals surface area contributed by atoms with Crippen LogP contribution < -0.4 is 4.74 Å². The molecule has 0 aliphatic rings. The number of ether oxygens (including phenoxy) is 1. The van der Waals surface area contributed by atoms with Gasteiger partial charge in [-0.05, 0) is 36.2 Å². The van der Waals surface area contributed by atoms with E-state index in [4.69, 9.17) is 4.74 Å². The minimum atomic E-state index is -4.46. The van der Waals surface area contributed by atoms with Gasteiger partial charge in [0, 0.05) is 5.56 Å². The number of hydrogen-bond acceptors (Lipinski definition) is 3. The predicted molar refractivity (Wildman–Crippen MR) is 78.5 cm³/mol. The minimum Gasteiger partial charge on any atom is -0.496 e. The zero-order chi connectivity index (χ0) is 17.2. The van der Waals surface area contributed by atoms with E-state index in [2.05, 4.69) is 0 Å². The van der Waals surface area contributed by atoms with Crippen molar-refractivity contribution in [2.45, 2.75) is 19.2 Å². The van der Waals surface area contributed by atoms with Gasteiger partial charge in [0.15, 0.2) is 5.78 Å². The average molecular weight is 324 g/mol. The van der Waals surface area contributed by atoms with Crippen LogP contribution in [0.3, 0.4) is 0 Å². The summed E-state index contributed by atoms with van der Waals surface area (Å²) < 4.78 is 42.7. The fraction of sp³-hybridized carbons (Fsp3) is 0.235. The number of carbonyl (C=O) groups is 1. The Morgan fingerprint density at radius 2 is 1.74 bits per heavy atom. The number of aryl methyl sites for hydroxylation is 1. The number of rotatable bonds is 4. The van der Waals surface area contributed by atoms with Gasteiger partial charge in [0.2, 0.25) is 0 Å². The van der Waals surface area contributed by atoms with Gasteiger partial charge in [-0.25, -0.2) is 0 Å². The third-order valence-corrected chi connectivity index (χ3v) is 3.49. The lowest BCUT2D eigenvalue weighted by Crippen LogP contribution is -2.13. The van der Waals surface area contributed by atoms with Crippen molar-refractivity contribution in [1.82, 2.24) is 0 Å². The molecule has 0 aromatic heterocycles. The maximum Gasteiger partial charge on any atom is 0.416 e. The van der Waals surface area contributed by atoms with E-state index in [9.17, 15) is 23.1 Å². The van der Waals surface area contributed by atoms with Crippen LogP contribution in [0.2, 0.25) is 0 Å². The van der Waals surface area contributed by atoms with Crippen molar-refractivity contribution in [2.75, 3.05) is 7.11 Å². The molecule has 0 bridgehead atoms. The Morgan fingerprint density at radius 1 is 1.13 bits per heavy atom. The molecule has 1 atom stereocenters. The smallest absolute Gasteiger partial charge is 0.416 e. The number of carbonyl (C=O) groups excluding carboxylic acids is 1. The largest absolute Gasteiger partial charge is 0.496 e. The average Bonchev–Trinajstić information content (AvgIpc) is 2.53. The Kier molecular flexibility index (Phi) is 4.75. The monoisotopic (exact) mass is 324 g/mol. The van der Waals surface area contributed by atoms with E-state index in [1.165, 1.54) is 19.2 Å². The normalized spacial score (nSPS) is 12.8. The van der Waals surface area contributed by atoms with Crippen LogP contribution in [0.4, 0.5) is 13.2 Å². The standard InChI is InChI=1S/C17H15F3O3/c1-10-3-4-12(9-14(10)23-2)16(22)15(21)11-5-7-13(8-6-11)17(18,19)20/h3-9,15,21H,1-2H3. The van der Waals surface area contributed by atoms with Gasteiger partial charge in [-0.15, -0.1) is 0 Å². The van der Waals surface area contributed by atoms with Crippen molar-refractivity contribution in [1.29, 1.82) is 0 Å². The number of hydrogen-bond donors (Lipinski definition) is 1. The molecular weight excluding hydrogens is 309 g/mol. The molecule has 0 saturated heterocycles. The zero-order valence-corrected chi connectivity index (χ0v) is 12.5. The van der Waals surface area contributed by atoms with Gasteiger partial charge in [0.25, 0.3) is 0 Å². The van der Waals surface area contributed by atoms with Gasteiger partial charge in [0.05, 0.1) is 12.7 Å². The Morgan fingerprint density at radius 3 is 2.26 bits per heavy atom. The third kappa shape index (κ3) is 3.71. The summed E-state index contributed by atoms with van der Waals surface area (Å²) in [7, 11) is 1.46. The highest BCUT2D eigenvalue weighted by molar-refractivity contribution is 6.00. The summed E-state index contributed by atoms with van der Waals surface area (Å²) >= 11 is 0. The molecule has 0 saturated carbocycles. The van der Waals surface area contributed by atoms with Crippen molar-refractivity contribution >= 4 is 5.78 Å². The Hall–Kier alpha value is -2.34. The number of aliphatic hydroxyl groups is 1. The fourth-order valence-corrected chi connectivity index (χ4v) is 2.14. The summed E-state index contributed by atoms with van der Waals surface area (Å²) in [6.45, 7) is 1.80. The van der Waals surface area contributed by atoms with E-state index in [1.807, 2.05) is 0 Å². The van der Waals surface area contributed by atoms with Gasteiger partial charge in [-0.2, -0.15) is 13.2 Å². The molecule has 1 unspecified atom stereocenters. The first kappa shape index (κ1) is 17.0. The number of methoxy groups -OCH3 is 1. The topological polar surface area (TPSA) is 46.5 Å². The molecule has 0 radical (unpaired) electrons. The van der Waals surface area contributed by atoms with Crippen molar-refractivity contribution in [3.63, 3.8) is 0 Å². The quantitative estimate of drug-likeness (QED) is 0.867. The molecule has 2 rings (SSSR count). The van der Waals surface area contributed by atoms with Crippen molar-refractivity contribution < 1.29 is 27.8 Å². The van der Waals surface area contributed by atoms with Crippen LogP contribution >= 0.6 is 0 Å². The van der Waals surface area contributed by atoms with Crippen LogP contribution in [0, 0.1) is 6.92 Å². The zero-order valence-electron chi connectivity index (χ0n) is 12.5. The van der Waals surface area contributed by atoms with E-state index >= 15 is 0 Å². The summed E-state index contributed by atoms with van der Waals surface area (Å²) in [5, 5.41) is 10.1. The predicted octanol–water partition coefficient (Wildman–Crippen LogP) is 3.94. The van der Waals surface area contributed by atoms with Gasteiger partial charge >= 0.3 is 6.18 Å². The molecule has 0 fully saturated rings. The summed E-state index contributed by atoms with van der Waals surface area (Å²) in [6.07, 6.45) is -6.00. The Bertz CT molecular complexity index is 706. The second kappa shape index (κ2) is 6.42. The fourth-order valence-electron chi connectivity index (χ4n) is 2.14.